The highest BCUT2D eigenvalue weighted by Gasteiger charge is 2.03. The van der Waals surface area contributed by atoms with E-state index in [-0.39, 0.29) is 0 Å². The van der Waals surface area contributed by atoms with Gasteiger partial charge in [-0.1, -0.05) is 22.0 Å². The van der Waals surface area contributed by atoms with Crippen molar-refractivity contribution in [3.8, 4) is 11.6 Å². The van der Waals surface area contributed by atoms with E-state index in [1.807, 2.05) is 30.3 Å². The summed E-state index contributed by atoms with van der Waals surface area (Å²) < 4.78 is 11.9. The van der Waals surface area contributed by atoms with Crippen LogP contribution in [-0.4, -0.2) is 25.2 Å². The van der Waals surface area contributed by atoms with Crippen molar-refractivity contribution in [1.29, 1.82) is 0 Å². The monoisotopic (exact) mass is 350 g/mol. The molecule has 1 N–H and O–H groups in total. The van der Waals surface area contributed by atoms with Gasteiger partial charge in [0, 0.05) is 28.8 Å². The molecule has 2 aromatic rings. The molecule has 0 aliphatic rings. The lowest BCUT2D eigenvalue weighted by molar-refractivity contribution is 0.296. The molecule has 0 aliphatic carbocycles. The van der Waals surface area contributed by atoms with Crippen LogP contribution < -0.4 is 14.8 Å². The largest absolute Gasteiger partial charge is 0.496 e. The molecule has 0 aliphatic heterocycles. The Balaban J connectivity index is 1.67. The highest BCUT2D eigenvalue weighted by molar-refractivity contribution is 9.10. The van der Waals surface area contributed by atoms with Gasteiger partial charge in [-0.2, -0.15) is 0 Å². The number of hydrogen-bond donors (Lipinski definition) is 1. The number of methoxy groups -OCH3 is 1. The first kappa shape index (κ1) is 15.8. The van der Waals surface area contributed by atoms with Gasteiger partial charge in [0.05, 0.1) is 13.7 Å². The lowest BCUT2D eigenvalue weighted by Crippen LogP contribution is -2.17. The smallest absolute Gasteiger partial charge is 0.213 e. The van der Waals surface area contributed by atoms with Crippen LogP contribution in [0.1, 0.15) is 12.0 Å². The van der Waals surface area contributed by atoms with Crippen molar-refractivity contribution >= 4 is 15.9 Å². The highest BCUT2D eigenvalue weighted by Crippen LogP contribution is 2.22. The summed E-state index contributed by atoms with van der Waals surface area (Å²) in [5.74, 6) is 1.57. The van der Waals surface area contributed by atoms with E-state index in [0.29, 0.717) is 12.5 Å². The van der Waals surface area contributed by atoms with E-state index in [9.17, 15) is 0 Å². The summed E-state index contributed by atoms with van der Waals surface area (Å²) >= 11 is 3.47. The van der Waals surface area contributed by atoms with Crippen LogP contribution >= 0.6 is 15.9 Å². The molecule has 1 heterocycles. The molecule has 0 bridgehead atoms. The Morgan fingerprint density at radius 1 is 1.24 bits per heavy atom. The quantitative estimate of drug-likeness (QED) is 0.741. The molecule has 0 saturated heterocycles. The molecule has 0 fully saturated rings. The first-order chi connectivity index (χ1) is 10.3. The summed E-state index contributed by atoms with van der Waals surface area (Å²) in [6.07, 6.45) is 2.65. The molecule has 0 saturated carbocycles. The Bertz CT molecular complexity index is 549. The van der Waals surface area contributed by atoms with Crippen molar-refractivity contribution in [1.82, 2.24) is 10.3 Å². The van der Waals surface area contributed by atoms with Gasteiger partial charge < -0.3 is 14.8 Å². The number of aromatic nitrogens is 1. The van der Waals surface area contributed by atoms with E-state index >= 15 is 0 Å². The van der Waals surface area contributed by atoms with Crippen LogP contribution in [0.5, 0.6) is 11.6 Å². The Labute approximate surface area is 133 Å². The van der Waals surface area contributed by atoms with Gasteiger partial charge in [-0.05, 0) is 37.2 Å². The molecule has 0 amide bonds. The molecule has 5 heteroatoms. The van der Waals surface area contributed by atoms with Gasteiger partial charge in [-0.15, -0.1) is 0 Å². The van der Waals surface area contributed by atoms with E-state index in [4.69, 9.17) is 9.47 Å². The standard InChI is InChI=1S/C16H19BrN2O2/c1-20-15-7-6-14(17)11-13(15)12-18-8-4-10-21-16-5-2-3-9-19-16/h2-3,5-7,9,11,18H,4,8,10,12H2,1H3. The second-order valence-electron chi connectivity index (χ2n) is 4.50. The van der Waals surface area contributed by atoms with Gasteiger partial charge in [-0.25, -0.2) is 4.98 Å². The van der Waals surface area contributed by atoms with Gasteiger partial charge >= 0.3 is 0 Å². The zero-order valence-electron chi connectivity index (χ0n) is 12.0. The Kier molecular flexibility index (Phi) is 6.50. The van der Waals surface area contributed by atoms with Gasteiger partial charge in [0.15, 0.2) is 0 Å². The van der Waals surface area contributed by atoms with E-state index in [2.05, 4.69) is 32.3 Å². The fourth-order valence-corrected chi connectivity index (χ4v) is 2.32. The van der Waals surface area contributed by atoms with E-state index in [0.717, 1.165) is 35.3 Å². The first-order valence-corrected chi connectivity index (χ1v) is 7.66. The summed E-state index contributed by atoms with van der Waals surface area (Å²) in [6, 6.07) is 11.7. The Morgan fingerprint density at radius 2 is 2.14 bits per heavy atom. The van der Waals surface area contributed by atoms with Crippen LogP contribution in [0.15, 0.2) is 47.1 Å². The number of halogens is 1. The molecule has 0 radical (unpaired) electrons. The fourth-order valence-electron chi connectivity index (χ4n) is 1.91. The molecule has 1 aromatic carbocycles. The Morgan fingerprint density at radius 3 is 2.90 bits per heavy atom. The summed E-state index contributed by atoms with van der Waals surface area (Å²) in [5.41, 5.74) is 1.14. The van der Waals surface area contributed by atoms with Crippen LogP contribution in [0, 0.1) is 0 Å². The predicted octanol–water partition coefficient (Wildman–Crippen LogP) is 3.41. The van der Waals surface area contributed by atoms with Gasteiger partial charge in [0.25, 0.3) is 0 Å². The minimum atomic E-state index is 0.652. The third-order valence-corrected chi connectivity index (χ3v) is 3.44. The van der Waals surface area contributed by atoms with Crippen LogP contribution in [0.3, 0.4) is 0 Å². The topological polar surface area (TPSA) is 43.4 Å². The lowest BCUT2D eigenvalue weighted by atomic mass is 10.2. The number of ether oxygens (including phenoxy) is 2. The van der Waals surface area contributed by atoms with Crippen molar-refractivity contribution in [2.75, 3.05) is 20.3 Å². The number of benzene rings is 1. The van der Waals surface area contributed by atoms with Crippen molar-refractivity contribution in [2.45, 2.75) is 13.0 Å². The number of hydrogen-bond acceptors (Lipinski definition) is 4. The molecular formula is C16H19BrN2O2. The third kappa shape index (κ3) is 5.36. The maximum Gasteiger partial charge on any atom is 0.213 e. The fraction of sp³-hybridized carbons (Fsp3) is 0.312. The van der Waals surface area contributed by atoms with Gasteiger partial charge in [0.1, 0.15) is 5.75 Å². The second-order valence-corrected chi connectivity index (χ2v) is 5.42. The Hall–Kier alpha value is -1.59. The maximum atomic E-state index is 5.54. The maximum absolute atomic E-state index is 5.54. The normalized spacial score (nSPS) is 10.4. The molecule has 0 atom stereocenters. The minimum absolute atomic E-state index is 0.652. The van der Waals surface area contributed by atoms with Crippen LogP contribution in [-0.2, 0) is 6.54 Å². The van der Waals surface area contributed by atoms with E-state index < -0.39 is 0 Å². The first-order valence-electron chi connectivity index (χ1n) is 6.86. The summed E-state index contributed by atoms with van der Waals surface area (Å²) in [4.78, 5) is 4.11. The summed E-state index contributed by atoms with van der Waals surface area (Å²) in [6.45, 7) is 2.30. The zero-order chi connectivity index (χ0) is 14.9. The summed E-state index contributed by atoms with van der Waals surface area (Å²) in [5, 5.41) is 3.39. The van der Waals surface area contributed by atoms with Gasteiger partial charge in [0.2, 0.25) is 5.88 Å². The summed E-state index contributed by atoms with van der Waals surface area (Å²) in [7, 11) is 1.69. The van der Waals surface area contributed by atoms with Crippen LogP contribution in [0.2, 0.25) is 0 Å². The average molecular weight is 351 g/mol. The molecule has 112 valence electrons. The molecule has 0 unspecified atom stereocenters. The van der Waals surface area contributed by atoms with Crippen molar-refractivity contribution < 1.29 is 9.47 Å². The van der Waals surface area contributed by atoms with Crippen LogP contribution in [0.4, 0.5) is 0 Å². The SMILES string of the molecule is COc1ccc(Br)cc1CNCCCOc1ccccn1. The third-order valence-electron chi connectivity index (χ3n) is 2.94. The molecule has 4 nitrogen and oxygen atoms in total. The number of nitrogens with one attached hydrogen (secondary N) is 1. The average Bonchev–Trinajstić information content (AvgIpc) is 2.52. The van der Waals surface area contributed by atoms with Crippen LogP contribution in [0.25, 0.3) is 0 Å². The van der Waals surface area contributed by atoms with Crippen molar-refractivity contribution in [3.05, 3.63) is 52.6 Å². The van der Waals surface area contributed by atoms with Crippen molar-refractivity contribution in [3.63, 3.8) is 0 Å². The molecule has 2 rings (SSSR count). The molecular weight excluding hydrogens is 332 g/mol. The zero-order valence-corrected chi connectivity index (χ0v) is 13.6. The number of nitrogens with zero attached hydrogens (tertiary/aromatic N) is 1. The minimum Gasteiger partial charge on any atom is -0.496 e. The lowest BCUT2D eigenvalue weighted by Gasteiger charge is -2.10. The van der Waals surface area contributed by atoms with E-state index in [1.165, 1.54) is 0 Å². The van der Waals surface area contributed by atoms with E-state index in [1.54, 1.807) is 13.3 Å². The molecule has 21 heavy (non-hydrogen) atoms. The highest BCUT2D eigenvalue weighted by atomic mass is 79.9. The predicted molar refractivity (Wildman–Crippen MR) is 86.7 cm³/mol. The van der Waals surface area contributed by atoms with Gasteiger partial charge in [-0.3, -0.25) is 0 Å². The second kappa shape index (κ2) is 8.64. The number of rotatable bonds is 8. The molecule has 1 aromatic heterocycles. The number of pyridine rings is 1. The van der Waals surface area contributed by atoms with Crippen molar-refractivity contribution in [2.24, 2.45) is 0 Å². The molecule has 0 spiro atoms.